The van der Waals surface area contributed by atoms with Gasteiger partial charge in [-0.15, -0.1) is 10.2 Å². The fourth-order valence-electron chi connectivity index (χ4n) is 4.63. The summed E-state index contributed by atoms with van der Waals surface area (Å²) in [6, 6.07) is 14.3. The highest BCUT2D eigenvalue weighted by atomic mass is 16.5. The van der Waals surface area contributed by atoms with Crippen molar-refractivity contribution in [1.29, 1.82) is 0 Å². The number of pyridine rings is 1. The molecule has 0 spiro atoms. The van der Waals surface area contributed by atoms with Crippen molar-refractivity contribution in [3.8, 4) is 11.8 Å². The number of ether oxygens (including phenoxy) is 3. The molecule has 3 aromatic rings. The maximum atomic E-state index is 11.7. The number of anilines is 2. The Kier molecular flexibility index (Phi) is 7.84. The zero-order valence-corrected chi connectivity index (χ0v) is 21.4. The molecule has 5 rings (SSSR count). The lowest BCUT2D eigenvalue weighted by Gasteiger charge is -2.31. The van der Waals surface area contributed by atoms with Crippen LogP contribution in [0.15, 0.2) is 42.5 Å². The fraction of sp³-hybridized carbons (Fsp3) is 0.481. The molecular weight excluding hydrogens is 472 g/mol. The largest absolute Gasteiger partial charge is 0.474 e. The van der Waals surface area contributed by atoms with Gasteiger partial charge < -0.3 is 29.3 Å². The van der Waals surface area contributed by atoms with Crippen molar-refractivity contribution in [2.75, 3.05) is 57.2 Å². The minimum absolute atomic E-state index is 0.0576. The number of hydrogen-bond donors (Lipinski definition) is 1. The number of likely N-dealkylation sites (N-methyl/N-ethyl adjacent to an activating group) is 1. The first-order valence-electron chi connectivity index (χ1n) is 12.9. The van der Waals surface area contributed by atoms with Crippen LogP contribution in [0.25, 0.3) is 10.8 Å². The fourth-order valence-corrected chi connectivity index (χ4v) is 4.63. The Labute approximate surface area is 216 Å². The van der Waals surface area contributed by atoms with Crippen LogP contribution in [0.2, 0.25) is 0 Å². The molecule has 37 heavy (non-hydrogen) atoms. The van der Waals surface area contributed by atoms with Gasteiger partial charge in [0, 0.05) is 44.7 Å². The molecule has 0 bridgehead atoms. The van der Waals surface area contributed by atoms with E-state index < -0.39 is 0 Å². The van der Waals surface area contributed by atoms with Crippen molar-refractivity contribution in [1.82, 2.24) is 20.1 Å². The summed E-state index contributed by atoms with van der Waals surface area (Å²) in [4.78, 5) is 20.3. The SMILES string of the molecule is CN(C)C(=O)COc1ccc(N[C@H]2CC[C@@H](Oc3nc(N4CCOCC4)cc4ccccc34)CC2)nn1. The van der Waals surface area contributed by atoms with Crippen LogP contribution in [0.3, 0.4) is 0 Å². The highest BCUT2D eigenvalue weighted by Crippen LogP contribution is 2.32. The number of amides is 1. The monoisotopic (exact) mass is 506 g/mol. The van der Waals surface area contributed by atoms with E-state index in [1.807, 2.05) is 12.1 Å². The van der Waals surface area contributed by atoms with Crippen molar-refractivity contribution in [2.45, 2.75) is 37.8 Å². The van der Waals surface area contributed by atoms with Crippen LogP contribution in [0.4, 0.5) is 11.6 Å². The molecule has 2 aromatic heterocycles. The number of fused-ring (bicyclic) bond motifs is 1. The second kappa shape index (κ2) is 11.6. The van der Waals surface area contributed by atoms with E-state index in [9.17, 15) is 4.79 Å². The molecule has 0 radical (unpaired) electrons. The van der Waals surface area contributed by atoms with Crippen LogP contribution in [0.5, 0.6) is 11.8 Å². The number of aromatic nitrogens is 3. The lowest BCUT2D eigenvalue weighted by molar-refractivity contribution is -0.130. The molecule has 0 unspecified atom stereocenters. The minimum atomic E-state index is -0.126. The smallest absolute Gasteiger partial charge is 0.260 e. The average Bonchev–Trinajstić information content (AvgIpc) is 2.94. The summed E-state index contributed by atoms with van der Waals surface area (Å²) in [5.41, 5.74) is 0. The second-order valence-corrected chi connectivity index (χ2v) is 9.68. The number of rotatable bonds is 8. The third-order valence-corrected chi connectivity index (χ3v) is 6.81. The Morgan fingerprint density at radius 1 is 1.08 bits per heavy atom. The molecule has 2 fully saturated rings. The topological polar surface area (TPSA) is 102 Å². The van der Waals surface area contributed by atoms with Gasteiger partial charge in [-0.3, -0.25) is 4.79 Å². The van der Waals surface area contributed by atoms with E-state index in [1.54, 1.807) is 20.2 Å². The van der Waals surface area contributed by atoms with Crippen LogP contribution < -0.4 is 19.7 Å². The lowest BCUT2D eigenvalue weighted by Crippen LogP contribution is -2.37. The molecule has 1 N–H and O–H groups in total. The molecule has 1 saturated heterocycles. The van der Waals surface area contributed by atoms with Gasteiger partial charge in [0.1, 0.15) is 17.7 Å². The molecule has 1 aliphatic carbocycles. The van der Waals surface area contributed by atoms with Crippen LogP contribution >= 0.6 is 0 Å². The molecule has 196 valence electrons. The first kappa shape index (κ1) is 25.0. The number of morpholine rings is 1. The average molecular weight is 507 g/mol. The predicted molar refractivity (Wildman–Crippen MR) is 141 cm³/mol. The summed E-state index contributed by atoms with van der Waals surface area (Å²) < 4.78 is 17.4. The van der Waals surface area contributed by atoms with Crippen molar-refractivity contribution in [3.63, 3.8) is 0 Å². The Morgan fingerprint density at radius 2 is 1.86 bits per heavy atom. The summed E-state index contributed by atoms with van der Waals surface area (Å²) in [5.74, 6) is 2.56. The molecule has 2 aliphatic rings. The summed E-state index contributed by atoms with van der Waals surface area (Å²) in [6.45, 7) is 3.06. The third kappa shape index (κ3) is 6.37. The van der Waals surface area contributed by atoms with Crippen molar-refractivity contribution >= 4 is 28.3 Å². The zero-order valence-electron chi connectivity index (χ0n) is 21.4. The summed E-state index contributed by atoms with van der Waals surface area (Å²) >= 11 is 0. The number of hydrogen-bond acceptors (Lipinski definition) is 9. The molecule has 1 saturated carbocycles. The van der Waals surface area contributed by atoms with E-state index in [4.69, 9.17) is 19.2 Å². The number of nitrogens with one attached hydrogen (secondary N) is 1. The lowest BCUT2D eigenvalue weighted by atomic mass is 9.93. The number of carbonyl (C=O) groups is 1. The molecular formula is C27H34N6O4. The summed E-state index contributed by atoms with van der Waals surface area (Å²) in [6.07, 6.45) is 3.89. The van der Waals surface area contributed by atoms with Gasteiger partial charge in [0.15, 0.2) is 6.61 Å². The summed E-state index contributed by atoms with van der Waals surface area (Å²) in [5, 5.41) is 13.9. The first-order valence-corrected chi connectivity index (χ1v) is 12.9. The van der Waals surface area contributed by atoms with Gasteiger partial charge in [0.25, 0.3) is 5.91 Å². The van der Waals surface area contributed by atoms with E-state index in [-0.39, 0.29) is 18.6 Å². The van der Waals surface area contributed by atoms with E-state index in [0.29, 0.717) is 23.6 Å². The van der Waals surface area contributed by atoms with E-state index >= 15 is 0 Å². The normalized spacial score (nSPS) is 19.9. The molecule has 3 heterocycles. The maximum Gasteiger partial charge on any atom is 0.260 e. The van der Waals surface area contributed by atoms with Gasteiger partial charge in [-0.05, 0) is 49.3 Å². The van der Waals surface area contributed by atoms with E-state index in [0.717, 1.165) is 68.6 Å². The highest BCUT2D eigenvalue weighted by molar-refractivity contribution is 5.89. The van der Waals surface area contributed by atoms with Crippen molar-refractivity contribution in [2.24, 2.45) is 0 Å². The molecule has 1 aromatic carbocycles. The Morgan fingerprint density at radius 3 is 2.59 bits per heavy atom. The molecule has 10 nitrogen and oxygen atoms in total. The van der Waals surface area contributed by atoms with E-state index in [1.165, 1.54) is 4.90 Å². The van der Waals surface area contributed by atoms with E-state index in [2.05, 4.69) is 44.7 Å². The standard InChI is InChI=1S/C27H34N6O4/c1-32(2)26(34)18-36-25-12-11-23(30-31-25)28-20-7-9-21(10-8-20)37-27-22-6-4-3-5-19(22)17-24(29-27)33-13-15-35-16-14-33/h3-6,11-12,17,20-21H,7-10,13-16,18H2,1-2H3,(H,28,30)/t20-,21+. The van der Waals surface area contributed by atoms with Gasteiger partial charge in [-0.2, -0.15) is 4.98 Å². The van der Waals surface area contributed by atoms with Crippen LogP contribution in [0.1, 0.15) is 25.7 Å². The Bertz CT molecular complexity index is 1190. The van der Waals surface area contributed by atoms with Gasteiger partial charge >= 0.3 is 0 Å². The van der Waals surface area contributed by atoms with Crippen LogP contribution in [-0.2, 0) is 9.53 Å². The Balaban J connectivity index is 1.16. The maximum absolute atomic E-state index is 11.7. The predicted octanol–water partition coefficient (Wildman–Crippen LogP) is 3.13. The van der Waals surface area contributed by atoms with Crippen LogP contribution in [-0.4, -0.2) is 85.1 Å². The summed E-state index contributed by atoms with van der Waals surface area (Å²) in [7, 11) is 3.37. The van der Waals surface area contributed by atoms with Crippen molar-refractivity contribution < 1.29 is 19.0 Å². The molecule has 10 heteroatoms. The second-order valence-electron chi connectivity index (χ2n) is 9.68. The number of carbonyl (C=O) groups excluding carboxylic acids is 1. The first-order chi connectivity index (χ1) is 18.0. The van der Waals surface area contributed by atoms with Gasteiger partial charge in [-0.1, -0.05) is 18.2 Å². The van der Waals surface area contributed by atoms with Crippen molar-refractivity contribution in [3.05, 3.63) is 42.5 Å². The number of benzene rings is 1. The Hall–Kier alpha value is -3.66. The van der Waals surface area contributed by atoms with Gasteiger partial charge in [-0.25, -0.2) is 0 Å². The minimum Gasteiger partial charge on any atom is -0.474 e. The van der Waals surface area contributed by atoms with Gasteiger partial charge in [0.05, 0.1) is 13.2 Å². The zero-order chi connectivity index (χ0) is 25.6. The number of nitrogens with zero attached hydrogens (tertiary/aromatic N) is 5. The molecule has 1 amide bonds. The molecule has 0 atom stereocenters. The van der Waals surface area contributed by atoms with Crippen LogP contribution in [0, 0.1) is 0 Å². The quantitative estimate of drug-likeness (QED) is 0.494. The third-order valence-electron chi connectivity index (χ3n) is 6.81. The van der Waals surface area contributed by atoms with Gasteiger partial charge in [0.2, 0.25) is 11.8 Å². The highest BCUT2D eigenvalue weighted by Gasteiger charge is 2.24. The molecule has 1 aliphatic heterocycles.